The van der Waals surface area contributed by atoms with Crippen LogP contribution < -0.4 is 10.6 Å². The standard InChI is InChI=1S/C20H17N3O5/c1-2-28-20(27)13-6-8-16(9-7-13)23-18(24)15(11-21)12-22-17-5-3-4-14(10-17)19(25)26/h3-10,12,22H,2H2,1H3,(H,23,24)(H,25,26)/b15-12-. The Morgan fingerprint density at radius 1 is 1.11 bits per heavy atom. The van der Waals surface area contributed by atoms with Crippen molar-refractivity contribution in [2.45, 2.75) is 6.92 Å². The number of ether oxygens (including phenoxy) is 1. The largest absolute Gasteiger partial charge is 0.478 e. The molecule has 0 unspecified atom stereocenters. The Balaban J connectivity index is 2.06. The molecule has 0 atom stereocenters. The third kappa shape index (κ3) is 5.44. The van der Waals surface area contributed by atoms with Gasteiger partial charge in [-0.2, -0.15) is 5.26 Å². The first-order valence-electron chi connectivity index (χ1n) is 8.23. The second-order valence-corrected chi connectivity index (χ2v) is 5.45. The van der Waals surface area contributed by atoms with E-state index >= 15 is 0 Å². The number of aromatic carboxylic acids is 1. The highest BCUT2D eigenvalue weighted by Gasteiger charge is 2.11. The Labute approximate surface area is 161 Å². The third-order valence-corrected chi connectivity index (χ3v) is 3.51. The maximum Gasteiger partial charge on any atom is 0.338 e. The summed E-state index contributed by atoms with van der Waals surface area (Å²) in [4.78, 5) is 34.8. The van der Waals surface area contributed by atoms with Crippen LogP contribution in [0.2, 0.25) is 0 Å². The number of carbonyl (C=O) groups excluding carboxylic acids is 2. The van der Waals surface area contributed by atoms with E-state index in [0.717, 1.165) is 0 Å². The number of esters is 1. The molecular formula is C20H17N3O5. The molecule has 2 aromatic rings. The number of carbonyl (C=O) groups is 3. The average Bonchev–Trinajstić information content (AvgIpc) is 2.69. The SMILES string of the molecule is CCOC(=O)c1ccc(NC(=O)/C(C#N)=C\Nc2cccc(C(=O)O)c2)cc1. The Bertz CT molecular complexity index is 959. The topological polar surface area (TPSA) is 129 Å². The van der Waals surface area contributed by atoms with Crippen molar-refractivity contribution in [3.63, 3.8) is 0 Å². The van der Waals surface area contributed by atoms with Crippen LogP contribution in [0.4, 0.5) is 11.4 Å². The van der Waals surface area contributed by atoms with E-state index in [-0.39, 0.29) is 17.7 Å². The monoisotopic (exact) mass is 379 g/mol. The molecule has 0 aliphatic rings. The van der Waals surface area contributed by atoms with Crippen LogP contribution in [-0.2, 0) is 9.53 Å². The minimum Gasteiger partial charge on any atom is -0.478 e. The van der Waals surface area contributed by atoms with Gasteiger partial charge in [0.2, 0.25) is 0 Å². The van der Waals surface area contributed by atoms with E-state index < -0.39 is 17.8 Å². The number of anilines is 2. The van der Waals surface area contributed by atoms with Crippen molar-refractivity contribution in [1.82, 2.24) is 0 Å². The fourth-order valence-corrected chi connectivity index (χ4v) is 2.15. The maximum absolute atomic E-state index is 12.2. The second kappa shape index (κ2) is 9.54. The van der Waals surface area contributed by atoms with Crippen LogP contribution in [0.5, 0.6) is 0 Å². The lowest BCUT2D eigenvalue weighted by atomic mass is 10.2. The van der Waals surface area contributed by atoms with E-state index in [9.17, 15) is 19.6 Å². The predicted molar refractivity (Wildman–Crippen MR) is 102 cm³/mol. The summed E-state index contributed by atoms with van der Waals surface area (Å²) >= 11 is 0. The lowest BCUT2D eigenvalue weighted by molar-refractivity contribution is -0.112. The predicted octanol–water partition coefficient (Wildman–Crippen LogP) is 3.02. The van der Waals surface area contributed by atoms with Gasteiger partial charge in [0.1, 0.15) is 11.6 Å². The lowest BCUT2D eigenvalue weighted by Crippen LogP contribution is -2.14. The number of nitrogens with zero attached hydrogens (tertiary/aromatic N) is 1. The summed E-state index contributed by atoms with van der Waals surface area (Å²) in [5.41, 5.74) is 1.01. The molecule has 8 heteroatoms. The molecule has 2 aromatic carbocycles. The molecule has 3 N–H and O–H groups in total. The first-order chi connectivity index (χ1) is 13.4. The zero-order chi connectivity index (χ0) is 20.5. The zero-order valence-electron chi connectivity index (χ0n) is 14.9. The number of benzene rings is 2. The molecule has 1 amide bonds. The molecule has 0 aromatic heterocycles. The molecule has 2 rings (SSSR count). The second-order valence-electron chi connectivity index (χ2n) is 5.45. The number of nitriles is 1. The molecular weight excluding hydrogens is 362 g/mol. The number of carboxylic acid groups (broad SMARTS) is 1. The first-order valence-corrected chi connectivity index (χ1v) is 8.23. The Kier molecular flexibility index (Phi) is 6.88. The van der Waals surface area contributed by atoms with Gasteiger partial charge in [0.25, 0.3) is 5.91 Å². The normalized spacial score (nSPS) is 10.5. The van der Waals surface area contributed by atoms with Crippen LogP contribution >= 0.6 is 0 Å². The quantitative estimate of drug-likeness (QED) is 0.383. The van der Waals surface area contributed by atoms with Crippen LogP contribution in [0.15, 0.2) is 60.3 Å². The number of carboxylic acids is 1. The molecule has 0 heterocycles. The van der Waals surface area contributed by atoms with Gasteiger partial charge in [0, 0.05) is 17.6 Å². The van der Waals surface area contributed by atoms with Gasteiger partial charge >= 0.3 is 11.9 Å². The number of nitrogens with one attached hydrogen (secondary N) is 2. The number of hydrogen-bond acceptors (Lipinski definition) is 6. The molecule has 0 saturated carbocycles. The van der Waals surface area contributed by atoms with E-state index in [0.29, 0.717) is 16.9 Å². The third-order valence-electron chi connectivity index (χ3n) is 3.51. The van der Waals surface area contributed by atoms with Crippen molar-refractivity contribution in [3.8, 4) is 6.07 Å². The van der Waals surface area contributed by atoms with E-state index in [2.05, 4.69) is 10.6 Å². The molecule has 0 radical (unpaired) electrons. The van der Waals surface area contributed by atoms with Crippen LogP contribution in [-0.4, -0.2) is 29.6 Å². The molecule has 28 heavy (non-hydrogen) atoms. The Hall–Kier alpha value is -4.12. The number of rotatable bonds is 7. The van der Waals surface area contributed by atoms with Crippen LogP contribution in [0, 0.1) is 11.3 Å². The molecule has 8 nitrogen and oxygen atoms in total. The van der Waals surface area contributed by atoms with Crippen molar-refractivity contribution in [3.05, 3.63) is 71.4 Å². The highest BCUT2D eigenvalue weighted by Crippen LogP contribution is 2.14. The Morgan fingerprint density at radius 3 is 2.43 bits per heavy atom. The van der Waals surface area contributed by atoms with Gasteiger partial charge in [-0.25, -0.2) is 9.59 Å². The summed E-state index contributed by atoms with van der Waals surface area (Å²) in [6.07, 6.45) is 1.18. The van der Waals surface area contributed by atoms with E-state index in [1.165, 1.54) is 48.7 Å². The molecule has 0 spiro atoms. The highest BCUT2D eigenvalue weighted by molar-refractivity contribution is 6.07. The van der Waals surface area contributed by atoms with Crippen molar-refractivity contribution < 1.29 is 24.2 Å². The van der Waals surface area contributed by atoms with Crippen molar-refractivity contribution in [2.24, 2.45) is 0 Å². The van der Waals surface area contributed by atoms with Crippen molar-refractivity contribution in [1.29, 1.82) is 5.26 Å². The summed E-state index contributed by atoms with van der Waals surface area (Å²) in [6.45, 7) is 1.96. The van der Waals surface area contributed by atoms with Gasteiger partial charge in [-0.05, 0) is 49.4 Å². The van der Waals surface area contributed by atoms with Gasteiger partial charge in [-0.15, -0.1) is 0 Å². The molecule has 142 valence electrons. The van der Waals surface area contributed by atoms with E-state index in [4.69, 9.17) is 9.84 Å². The van der Waals surface area contributed by atoms with E-state index in [1.807, 2.05) is 0 Å². The van der Waals surface area contributed by atoms with Crippen LogP contribution in [0.25, 0.3) is 0 Å². The summed E-state index contributed by atoms with van der Waals surface area (Å²) in [5.74, 6) is -2.21. The van der Waals surface area contributed by atoms with Gasteiger partial charge in [0.15, 0.2) is 0 Å². The fourth-order valence-electron chi connectivity index (χ4n) is 2.15. The number of hydrogen-bond donors (Lipinski definition) is 3. The maximum atomic E-state index is 12.2. The Morgan fingerprint density at radius 2 is 1.82 bits per heavy atom. The molecule has 0 bridgehead atoms. The van der Waals surface area contributed by atoms with Crippen molar-refractivity contribution >= 4 is 29.2 Å². The minimum absolute atomic E-state index is 0.0723. The van der Waals surface area contributed by atoms with Crippen molar-refractivity contribution in [2.75, 3.05) is 17.2 Å². The van der Waals surface area contributed by atoms with Gasteiger partial charge < -0.3 is 20.5 Å². The first kappa shape index (κ1) is 20.2. The summed E-state index contributed by atoms with van der Waals surface area (Å²) < 4.78 is 4.88. The highest BCUT2D eigenvalue weighted by atomic mass is 16.5. The lowest BCUT2D eigenvalue weighted by Gasteiger charge is -2.07. The smallest absolute Gasteiger partial charge is 0.338 e. The van der Waals surface area contributed by atoms with Crippen LogP contribution in [0.3, 0.4) is 0 Å². The summed E-state index contributed by atoms with van der Waals surface area (Å²) in [5, 5.41) is 23.4. The molecule has 0 saturated heterocycles. The zero-order valence-corrected chi connectivity index (χ0v) is 14.9. The van der Waals surface area contributed by atoms with E-state index in [1.54, 1.807) is 19.1 Å². The average molecular weight is 379 g/mol. The fraction of sp³-hybridized carbons (Fsp3) is 0.100. The van der Waals surface area contributed by atoms with Gasteiger partial charge in [-0.3, -0.25) is 4.79 Å². The summed E-state index contributed by atoms with van der Waals surface area (Å²) in [7, 11) is 0. The number of amides is 1. The van der Waals surface area contributed by atoms with Gasteiger partial charge in [-0.1, -0.05) is 6.07 Å². The molecule has 0 aliphatic carbocycles. The van der Waals surface area contributed by atoms with Gasteiger partial charge in [0.05, 0.1) is 17.7 Å². The summed E-state index contributed by atoms with van der Waals surface area (Å²) in [6, 6.07) is 13.7. The molecule has 0 aliphatic heterocycles. The molecule has 0 fully saturated rings. The minimum atomic E-state index is -1.09. The van der Waals surface area contributed by atoms with Crippen LogP contribution in [0.1, 0.15) is 27.6 Å².